The summed E-state index contributed by atoms with van der Waals surface area (Å²) in [5, 5.41) is 0. The van der Waals surface area contributed by atoms with Gasteiger partial charge in [0, 0.05) is 0 Å². The molecule has 0 amide bonds. The maximum absolute atomic E-state index is 2.31. The van der Waals surface area contributed by atoms with Crippen molar-refractivity contribution in [2.75, 3.05) is 11.5 Å². The Morgan fingerprint density at radius 1 is 0.250 bits per heavy atom. The van der Waals surface area contributed by atoms with Gasteiger partial charge in [0.05, 0.1) is 0 Å². The molecule has 0 aliphatic carbocycles. The molecule has 0 atom stereocenters. The second kappa shape index (κ2) is 31.4. The number of hydrogen-bond donors (Lipinski definition) is 0. The van der Waals surface area contributed by atoms with Gasteiger partial charge in [-0.15, -0.1) is 0 Å². The topological polar surface area (TPSA) is 0 Å². The van der Waals surface area contributed by atoms with Crippen LogP contribution in [-0.4, -0.2) is 11.5 Å². The molecule has 32 heavy (non-hydrogen) atoms. The molecule has 0 aliphatic heterocycles. The van der Waals surface area contributed by atoms with E-state index in [1.807, 2.05) is 0 Å². The van der Waals surface area contributed by atoms with E-state index in [1.54, 1.807) is 0 Å². The predicted molar refractivity (Wildman–Crippen MR) is 153 cm³/mol. The molecule has 0 aromatic rings. The molecule has 0 aliphatic rings. The highest BCUT2D eigenvalue weighted by atomic mass is 32.2. The standard InChI is InChI=1S/C31H64S/c1-3-5-7-9-11-13-15-16-17-18-19-21-23-25-27-29-31-32-30-28-26-24-22-20-14-12-10-8-6-4-2/h3-31H2,1-2H3. The molecule has 0 spiro atoms. The summed E-state index contributed by atoms with van der Waals surface area (Å²) in [6, 6.07) is 0. The highest BCUT2D eigenvalue weighted by Gasteiger charge is 1.96. The summed E-state index contributed by atoms with van der Waals surface area (Å²) in [7, 11) is 0. The lowest BCUT2D eigenvalue weighted by Crippen LogP contribution is -1.87. The molecule has 0 fully saturated rings. The Morgan fingerprint density at radius 2 is 0.438 bits per heavy atom. The molecule has 0 radical (unpaired) electrons. The van der Waals surface area contributed by atoms with E-state index in [1.165, 1.54) is 185 Å². The third kappa shape index (κ3) is 30.4. The zero-order chi connectivity index (χ0) is 23.2. The van der Waals surface area contributed by atoms with Crippen molar-refractivity contribution in [1.29, 1.82) is 0 Å². The minimum atomic E-state index is 1.37. The van der Waals surface area contributed by atoms with E-state index in [0.29, 0.717) is 0 Å². The molecular weight excluding hydrogens is 404 g/mol. The fourth-order valence-electron chi connectivity index (χ4n) is 4.72. The smallest absolute Gasteiger partial charge is 0.00675 e. The van der Waals surface area contributed by atoms with Gasteiger partial charge in [-0.3, -0.25) is 0 Å². The maximum Gasteiger partial charge on any atom is -0.00675 e. The molecule has 0 aromatic carbocycles. The summed E-state index contributed by atoms with van der Waals surface area (Å²) in [4.78, 5) is 0. The van der Waals surface area contributed by atoms with Crippen molar-refractivity contribution < 1.29 is 0 Å². The molecule has 0 nitrogen and oxygen atoms in total. The summed E-state index contributed by atoms with van der Waals surface area (Å²) < 4.78 is 0. The molecule has 194 valence electrons. The minimum Gasteiger partial charge on any atom is -0.162 e. The monoisotopic (exact) mass is 468 g/mol. The van der Waals surface area contributed by atoms with Gasteiger partial charge in [-0.1, -0.05) is 174 Å². The van der Waals surface area contributed by atoms with Crippen molar-refractivity contribution in [2.24, 2.45) is 0 Å². The quantitative estimate of drug-likeness (QED) is 0.0983. The molecule has 0 saturated carbocycles. The van der Waals surface area contributed by atoms with Crippen LogP contribution in [0.3, 0.4) is 0 Å². The highest BCUT2D eigenvalue weighted by Crippen LogP contribution is 2.16. The van der Waals surface area contributed by atoms with E-state index in [9.17, 15) is 0 Å². The van der Waals surface area contributed by atoms with Crippen LogP contribution < -0.4 is 0 Å². The Hall–Kier alpha value is 0.350. The largest absolute Gasteiger partial charge is 0.162 e. The number of unbranched alkanes of at least 4 members (excludes halogenated alkanes) is 25. The third-order valence-corrected chi connectivity index (χ3v) is 8.19. The van der Waals surface area contributed by atoms with Crippen LogP contribution in [0.5, 0.6) is 0 Å². The van der Waals surface area contributed by atoms with Gasteiger partial charge in [-0.2, -0.15) is 11.8 Å². The van der Waals surface area contributed by atoms with E-state index in [2.05, 4.69) is 25.6 Å². The molecule has 0 N–H and O–H groups in total. The van der Waals surface area contributed by atoms with Crippen LogP contribution in [0.2, 0.25) is 0 Å². The lowest BCUT2D eigenvalue weighted by molar-refractivity contribution is 0.531. The second-order valence-corrected chi connectivity index (χ2v) is 11.7. The summed E-state index contributed by atoms with van der Waals surface area (Å²) in [6.45, 7) is 4.61. The predicted octanol–water partition coefficient (Wildman–Crippen LogP) is 12.3. The summed E-state index contributed by atoms with van der Waals surface area (Å²) in [5.41, 5.74) is 0. The van der Waals surface area contributed by atoms with Crippen molar-refractivity contribution in [2.45, 2.75) is 187 Å². The van der Waals surface area contributed by atoms with Crippen LogP contribution in [0.25, 0.3) is 0 Å². The van der Waals surface area contributed by atoms with Crippen LogP contribution in [0.15, 0.2) is 0 Å². The summed E-state index contributed by atoms with van der Waals surface area (Å²) in [5.74, 6) is 2.83. The summed E-state index contributed by atoms with van der Waals surface area (Å²) in [6.07, 6.45) is 39.7. The number of thioether (sulfide) groups is 1. The first-order valence-electron chi connectivity index (χ1n) is 15.5. The van der Waals surface area contributed by atoms with Crippen LogP contribution >= 0.6 is 11.8 Å². The van der Waals surface area contributed by atoms with Crippen molar-refractivity contribution in [1.82, 2.24) is 0 Å². The van der Waals surface area contributed by atoms with Crippen molar-refractivity contribution in [3.63, 3.8) is 0 Å². The lowest BCUT2D eigenvalue weighted by Gasteiger charge is -2.04. The SMILES string of the molecule is CCCCCCCCCCCCCCCCCCSCCCCCCCCCCCCC. The molecule has 0 bridgehead atoms. The van der Waals surface area contributed by atoms with Gasteiger partial charge in [0.25, 0.3) is 0 Å². The zero-order valence-electron chi connectivity index (χ0n) is 22.9. The third-order valence-electron chi connectivity index (χ3n) is 7.03. The van der Waals surface area contributed by atoms with Crippen LogP contribution in [0, 0.1) is 0 Å². The van der Waals surface area contributed by atoms with Crippen molar-refractivity contribution in [3.05, 3.63) is 0 Å². The average molecular weight is 469 g/mol. The zero-order valence-corrected chi connectivity index (χ0v) is 23.7. The van der Waals surface area contributed by atoms with E-state index in [0.717, 1.165) is 0 Å². The van der Waals surface area contributed by atoms with Crippen LogP contribution in [0.1, 0.15) is 187 Å². The Bertz CT molecular complexity index is 271. The first kappa shape index (κ1) is 32.4. The summed E-state index contributed by atoms with van der Waals surface area (Å²) >= 11 is 2.22. The Labute approximate surface area is 210 Å². The second-order valence-electron chi connectivity index (χ2n) is 10.5. The van der Waals surface area contributed by atoms with Gasteiger partial charge in [0.15, 0.2) is 0 Å². The van der Waals surface area contributed by atoms with Crippen molar-refractivity contribution in [3.8, 4) is 0 Å². The maximum atomic E-state index is 2.31. The Kier molecular flexibility index (Phi) is 31.7. The highest BCUT2D eigenvalue weighted by molar-refractivity contribution is 7.99. The van der Waals surface area contributed by atoms with E-state index >= 15 is 0 Å². The first-order chi connectivity index (χ1) is 15.9. The molecule has 0 saturated heterocycles. The molecule has 0 heterocycles. The van der Waals surface area contributed by atoms with Gasteiger partial charge in [0.2, 0.25) is 0 Å². The van der Waals surface area contributed by atoms with Crippen LogP contribution in [0.4, 0.5) is 0 Å². The molecule has 0 unspecified atom stereocenters. The number of hydrogen-bond acceptors (Lipinski definition) is 1. The van der Waals surface area contributed by atoms with E-state index in [4.69, 9.17) is 0 Å². The number of rotatable bonds is 29. The van der Waals surface area contributed by atoms with Gasteiger partial charge < -0.3 is 0 Å². The fourth-order valence-corrected chi connectivity index (χ4v) is 5.74. The van der Waals surface area contributed by atoms with Gasteiger partial charge in [-0.25, -0.2) is 0 Å². The molecular formula is C31H64S. The fraction of sp³-hybridized carbons (Fsp3) is 1.00. The van der Waals surface area contributed by atoms with Gasteiger partial charge in [-0.05, 0) is 24.3 Å². The average Bonchev–Trinajstić information content (AvgIpc) is 2.81. The lowest BCUT2D eigenvalue weighted by atomic mass is 10.0. The van der Waals surface area contributed by atoms with Gasteiger partial charge in [0.1, 0.15) is 0 Å². The van der Waals surface area contributed by atoms with Crippen LogP contribution in [-0.2, 0) is 0 Å². The normalized spacial score (nSPS) is 11.4. The molecule has 0 aromatic heterocycles. The Balaban J connectivity index is 2.98. The minimum absolute atomic E-state index is 1.37. The first-order valence-corrected chi connectivity index (χ1v) is 16.6. The van der Waals surface area contributed by atoms with Crippen molar-refractivity contribution >= 4 is 11.8 Å². The van der Waals surface area contributed by atoms with E-state index in [-0.39, 0.29) is 0 Å². The molecule has 1 heteroatoms. The Morgan fingerprint density at radius 3 is 0.656 bits per heavy atom. The molecule has 0 rings (SSSR count). The van der Waals surface area contributed by atoms with E-state index < -0.39 is 0 Å². The van der Waals surface area contributed by atoms with Gasteiger partial charge >= 0.3 is 0 Å².